The summed E-state index contributed by atoms with van der Waals surface area (Å²) in [4.78, 5) is 0. The first-order valence-corrected chi connectivity index (χ1v) is 7.19. The molecule has 0 atom stereocenters. The predicted molar refractivity (Wildman–Crippen MR) is 85.6 cm³/mol. The molecule has 0 spiro atoms. The molecule has 0 radical (unpaired) electrons. The van der Waals surface area contributed by atoms with E-state index in [1.807, 2.05) is 16.8 Å². The second-order valence-corrected chi connectivity index (χ2v) is 5.19. The van der Waals surface area contributed by atoms with E-state index in [9.17, 15) is 0 Å². The third kappa shape index (κ3) is 2.67. The van der Waals surface area contributed by atoms with Gasteiger partial charge in [0, 0.05) is 23.0 Å². The highest BCUT2D eigenvalue weighted by Crippen LogP contribution is 2.27. The van der Waals surface area contributed by atoms with Gasteiger partial charge in [0.1, 0.15) is 18.1 Å². The number of anilines is 1. The minimum absolute atomic E-state index is 0.359. The van der Waals surface area contributed by atoms with Crippen molar-refractivity contribution in [2.24, 2.45) is 0 Å². The summed E-state index contributed by atoms with van der Waals surface area (Å²) >= 11 is 5.96. The van der Waals surface area contributed by atoms with Crippen LogP contribution in [0.3, 0.4) is 0 Å². The summed E-state index contributed by atoms with van der Waals surface area (Å²) < 4.78 is 7.75. The molecule has 21 heavy (non-hydrogen) atoms. The molecular formula is C16H16ClN3O. The Kier molecular flexibility index (Phi) is 3.71. The zero-order chi connectivity index (χ0) is 14.8. The normalized spacial score (nSPS) is 11.0. The number of nitrogen functional groups attached to an aromatic ring is 1. The van der Waals surface area contributed by atoms with Crippen molar-refractivity contribution in [2.75, 3.05) is 5.73 Å². The number of hydrogen-bond acceptors (Lipinski definition) is 3. The first-order valence-electron chi connectivity index (χ1n) is 6.81. The van der Waals surface area contributed by atoms with Gasteiger partial charge in [0.15, 0.2) is 0 Å². The molecule has 5 heteroatoms. The molecule has 0 fully saturated rings. The summed E-state index contributed by atoms with van der Waals surface area (Å²) in [5, 5.41) is 6.29. The van der Waals surface area contributed by atoms with E-state index >= 15 is 0 Å². The van der Waals surface area contributed by atoms with Crippen LogP contribution in [-0.2, 0) is 13.2 Å². The topological polar surface area (TPSA) is 53.1 Å². The maximum atomic E-state index is 5.96. The molecule has 0 saturated heterocycles. The van der Waals surface area contributed by atoms with E-state index in [-0.39, 0.29) is 0 Å². The number of ether oxygens (including phenoxy) is 1. The van der Waals surface area contributed by atoms with E-state index in [0.717, 1.165) is 23.1 Å². The number of aromatic nitrogens is 2. The zero-order valence-corrected chi connectivity index (χ0v) is 12.5. The van der Waals surface area contributed by atoms with E-state index in [4.69, 9.17) is 22.1 Å². The third-order valence-corrected chi connectivity index (χ3v) is 3.61. The van der Waals surface area contributed by atoms with Crippen molar-refractivity contribution >= 4 is 28.2 Å². The lowest BCUT2D eigenvalue weighted by molar-refractivity contribution is 0.302. The maximum absolute atomic E-state index is 5.96. The molecule has 0 aliphatic carbocycles. The highest BCUT2D eigenvalue weighted by molar-refractivity contribution is 6.30. The largest absolute Gasteiger partial charge is 0.485 e. The monoisotopic (exact) mass is 301 g/mol. The number of halogens is 1. The molecule has 108 valence electrons. The van der Waals surface area contributed by atoms with Crippen LogP contribution in [0.2, 0.25) is 5.02 Å². The van der Waals surface area contributed by atoms with Gasteiger partial charge in [-0.3, -0.25) is 4.68 Å². The highest BCUT2D eigenvalue weighted by atomic mass is 35.5. The first kappa shape index (κ1) is 13.8. The molecule has 0 unspecified atom stereocenters. The molecule has 3 rings (SSSR count). The molecule has 1 aromatic heterocycles. The van der Waals surface area contributed by atoms with Crippen molar-refractivity contribution in [3.63, 3.8) is 0 Å². The summed E-state index contributed by atoms with van der Waals surface area (Å²) in [7, 11) is 0. The lowest BCUT2D eigenvalue weighted by atomic mass is 10.2. The van der Waals surface area contributed by atoms with Crippen molar-refractivity contribution in [1.82, 2.24) is 9.78 Å². The molecule has 3 aromatic rings. The van der Waals surface area contributed by atoms with Crippen LogP contribution in [0.1, 0.15) is 12.6 Å². The van der Waals surface area contributed by atoms with Gasteiger partial charge >= 0.3 is 0 Å². The summed E-state index contributed by atoms with van der Waals surface area (Å²) in [6.45, 7) is 3.25. The van der Waals surface area contributed by atoms with Gasteiger partial charge in [0.2, 0.25) is 0 Å². The second-order valence-electron chi connectivity index (χ2n) is 4.75. The Morgan fingerprint density at radius 3 is 2.86 bits per heavy atom. The van der Waals surface area contributed by atoms with E-state index in [2.05, 4.69) is 24.2 Å². The molecule has 4 nitrogen and oxygen atoms in total. The fourth-order valence-electron chi connectivity index (χ4n) is 2.32. The Balaban J connectivity index is 1.90. The fraction of sp³-hybridized carbons (Fsp3) is 0.188. The number of hydrogen-bond donors (Lipinski definition) is 1. The van der Waals surface area contributed by atoms with Gasteiger partial charge in [-0.1, -0.05) is 29.8 Å². The molecule has 1 heterocycles. The van der Waals surface area contributed by atoms with Crippen molar-refractivity contribution < 1.29 is 4.74 Å². The van der Waals surface area contributed by atoms with Crippen LogP contribution in [-0.4, -0.2) is 9.78 Å². The van der Waals surface area contributed by atoms with E-state index in [1.165, 1.54) is 0 Å². The Hall–Kier alpha value is -2.20. The Bertz CT molecular complexity index is 782. The number of benzene rings is 2. The number of aryl methyl sites for hydroxylation is 1. The van der Waals surface area contributed by atoms with Gasteiger partial charge in [-0.15, -0.1) is 0 Å². The minimum atomic E-state index is 0.359. The standard InChI is InChI=1S/C16H16ClN3O/c1-2-20-15-6-4-3-5-12(15)14(19-20)10-21-16-9-11(17)7-8-13(16)18/h3-9H,2,10,18H2,1H3. The lowest BCUT2D eigenvalue weighted by Crippen LogP contribution is -2.01. The van der Waals surface area contributed by atoms with Crippen molar-refractivity contribution in [3.8, 4) is 5.75 Å². The molecule has 0 saturated carbocycles. The van der Waals surface area contributed by atoms with Gasteiger partial charge < -0.3 is 10.5 Å². The SMILES string of the molecule is CCn1nc(COc2cc(Cl)ccc2N)c2ccccc21. The molecule has 2 aromatic carbocycles. The third-order valence-electron chi connectivity index (χ3n) is 3.37. The predicted octanol–water partition coefficient (Wildman–Crippen LogP) is 3.87. The van der Waals surface area contributed by atoms with Crippen molar-refractivity contribution in [1.29, 1.82) is 0 Å². The van der Waals surface area contributed by atoms with E-state index in [1.54, 1.807) is 18.2 Å². The number of nitrogens with two attached hydrogens (primary N) is 1. The van der Waals surface area contributed by atoms with Gasteiger partial charge in [-0.2, -0.15) is 5.10 Å². The van der Waals surface area contributed by atoms with Crippen LogP contribution in [0.4, 0.5) is 5.69 Å². The van der Waals surface area contributed by atoms with Crippen molar-refractivity contribution in [2.45, 2.75) is 20.1 Å². The summed E-state index contributed by atoms with van der Waals surface area (Å²) in [6.07, 6.45) is 0. The Morgan fingerprint density at radius 1 is 1.24 bits per heavy atom. The van der Waals surface area contributed by atoms with Crippen LogP contribution in [0.5, 0.6) is 5.75 Å². The molecule has 0 bridgehead atoms. The Labute approximate surface area is 128 Å². The van der Waals surface area contributed by atoms with Crippen LogP contribution >= 0.6 is 11.6 Å². The Morgan fingerprint density at radius 2 is 2.05 bits per heavy atom. The maximum Gasteiger partial charge on any atom is 0.144 e. The summed E-state index contributed by atoms with van der Waals surface area (Å²) in [5.41, 5.74) is 8.46. The fourth-order valence-corrected chi connectivity index (χ4v) is 2.49. The van der Waals surface area contributed by atoms with Gasteiger partial charge in [-0.25, -0.2) is 0 Å². The van der Waals surface area contributed by atoms with Crippen LogP contribution < -0.4 is 10.5 Å². The zero-order valence-electron chi connectivity index (χ0n) is 11.7. The van der Waals surface area contributed by atoms with Crippen molar-refractivity contribution in [3.05, 3.63) is 53.2 Å². The second kappa shape index (κ2) is 5.66. The summed E-state index contributed by atoms with van der Waals surface area (Å²) in [5.74, 6) is 0.581. The smallest absolute Gasteiger partial charge is 0.144 e. The number of para-hydroxylation sites is 1. The molecule has 0 amide bonds. The number of fused-ring (bicyclic) bond motifs is 1. The summed E-state index contributed by atoms with van der Waals surface area (Å²) in [6, 6.07) is 13.3. The van der Waals surface area contributed by atoms with Gasteiger partial charge in [0.25, 0.3) is 0 Å². The number of nitrogens with zero attached hydrogens (tertiary/aromatic N) is 2. The van der Waals surface area contributed by atoms with Crippen LogP contribution in [0.25, 0.3) is 10.9 Å². The molecule has 0 aliphatic rings. The van der Waals surface area contributed by atoms with E-state index in [0.29, 0.717) is 23.1 Å². The minimum Gasteiger partial charge on any atom is -0.485 e. The first-order chi connectivity index (χ1) is 10.2. The molecule has 0 aliphatic heterocycles. The van der Waals surface area contributed by atoms with Gasteiger partial charge in [-0.05, 0) is 25.1 Å². The molecular weight excluding hydrogens is 286 g/mol. The highest BCUT2D eigenvalue weighted by Gasteiger charge is 2.10. The number of rotatable bonds is 4. The van der Waals surface area contributed by atoms with Crippen LogP contribution in [0.15, 0.2) is 42.5 Å². The molecule has 2 N–H and O–H groups in total. The van der Waals surface area contributed by atoms with E-state index < -0.39 is 0 Å². The average molecular weight is 302 g/mol. The lowest BCUT2D eigenvalue weighted by Gasteiger charge is -2.08. The quantitative estimate of drug-likeness (QED) is 0.744. The average Bonchev–Trinajstić information content (AvgIpc) is 2.86. The van der Waals surface area contributed by atoms with Crippen LogP contribution in [0, 0.1) is 0 Å². The van der Waals surface area contributed by atoms with Gasteiger partial charge in [0.05, 0.1) is 11.2 Å².